The predicted molar refractivity (Wildman–Crippen MR) is 90.4 cm³/mol. The number of carbonyl (C=O) groups is 1. The molecule has 0 saturated heterocycles. The number of nitrogens with one attached hydrogen (secondary N) is 2. The van der Waals surface area contributed by atoms with Crippen molar-refractivity contribution < 1.29 is 13.2 Å². The predicted octanol–water partition coefficient (Wildman–Crippen LogP) is 2.64. The molecule has 0 fully saturated rings. The summed E-state index contributed by atoms with van der Waals surface area (Å²) < 4.78 is 22.8. The standard InChI is InChI=1S/C16H17N3O3S/c1-12(13-8-10-15(11-9-13)23(2,21)22)18-19-16(20)17-14-6-4-3-5-7-14/h3-11H,1-2H3,(H2,17,19,20)/b18-12+. The number of sulfone groups is 1. The van der Waals surface area contributed by atoms with E-state index in [2.05, 4.69) is 15.8 Å². The number of urea groups is 1. The first-order valence-electron chi connectivity index (χ1n) is 6.83. The van der Waals surface area contributed by atoms with Gasteiger partial charge in [-0.25, -0.2) is 18.6 Å². The summed E-state index contributed by atoms with van der Waals surface area (Å²) in [5.41, 5.74) is 4.34. The van der Waals surface area contributed by atoms with Crippen molar-refractivity contribution in [3.63, 3.8) is 0 Å². The molecule has 2 rings (SSSR count). The van der Waals surface area contributed by atoms with Crippen LogP contribution in [0.15, 0.2) is 64.6 Å². The van der Waals surface area contributed by atoms with E-state index in [-0.39, 0.29) is 4.90 Å². The fourth-order valence-electron chi connectivity index (χ4n) is 1.82. The number of amides is 2. The van der Waals surface area contributed by atoms with E-state index in [0.717, 1.165) is 11.8 Å². The molecule has 0 unspecified atom stereocenters. The molecular weight excluding hydrogens is 314 g/mol. The zero-order valence-electron chi connectivity index (χ0n) is 12.8. The minimum Gasteiger partial charge on any atom is -0.307 e. The van der Waals surface area contributed by atoms with Crippen molar-refractivity contribution in [2.75, 3.05) is 11.6 Å². The molecule has 0 heterocycles. The van der Waals surface area contributed by atoms with Gasteiger partial charge in [-0.1, -0.05) is 30.3 Å². The third kappa shape index (κ3) is 4.93. The van der Waals surface area contributed by atoms with Crippen molar-refractivity contribution in [3.8, 4) is 0 Å². The number of carbonyl (C=O) groups excluding carboxylic acids is 1. The SMILES string of the molecule is C/C(=N\NC(=O)Nc1ccccc1)c1ccc(S(C)(=O)=O)cc1. The Morgan fingerprint density at radius 3 is 2.17 bits per heavy atom. The van der Waals surface area contributed by atoms with Crippen molar-refractivity contribution in [2.24, 2.45) is 5.10 Å². The zero-order chi connectivity index (χ0) is 16.9. The molecule has 7 heteroatoms. The van der Waals surface area contributed by atoms with E-state index in [1.54, 1.807) is 31.2 Å². The normalized spacial score (nSPS) is 11.8. The van der Waals surface area contributed by atoms with Crippen LogP contribution in [-0.4, -0.2) is 26.4 Å². The van der Waals surface area contributed by atoms with Crippen LogP contribution in [0, 0.1) is 0 Å². The number of anilines is 1. The Balaban J connectivity index is 2.01. The van der Waals surface area contributed by atoms with Crippen LogP contribution in [-0.2, 0) is 9.84 Å². The first kappa shape index (κ1) is 16.7. The van der Waals surface area contributed by atoms with E-state index in [0.29, 0.717) is 11.4 Å². The molecule has 0 aromatic heterocycles. The minimum atomic E-state index is -3.23. The van der Waals surface area contributed by atoms with Crippen LogP contribution in [0.5, 0.6) is 0 Å². The maximum absolute atomic E-state index is 11.7. The summed E-state index contributed by atoms with van der Waals surface area (Å²) >= 11 is 0. The summed E-state index contributed by atoms with van der Waals surface area (Å²) in [6.07, 6.45) is 1.15. The third-order valence-corrected chi connectivity index (χ3v) is 4.19. The van der Waals surface area contributed by atoms with E-state index in [1.807, 2.05) is 18.2 Å². The Kier molecular flexibility index (Phi) is 5.13. The average molecular weight is 331 g/mol. The Labute approximate surface area is 135 Å². The average Bonchev–Trinajstić information content (AvgIpc) is 2.53. The fourth-order valence-corrected chi connectivity index (χ4v) is 2.45. The Morgan fingerprint density at radius 2 is 1.61 bits per heavy atom. The summed E-state index contributed by atoms with van der Waals surface area (Å²) in [5.74, 6) is 0. The number of hydrogen-bond acceptors (Lipinski definition) is 4. The van der Waals surface area contributed by atoms with Gasteiger partial charge in [0.2, 0.25) is 0 Å². The molecule has 2 amide bonds. The fraction of sp³-hybridized carbons (Fsp3) is 0.125. The molecule has 2 aromatic carbocycles. The maximum atomic E-state index is 11.7. The van der Waals surface area contributed by atoms with E-state index >= 15 is 0 Å². The smallest absolute Gasteiger partial charge is 0.307 e. The van der Waals surface area contributed by atoms with Gasteiger partial charge < -0.3 is 5.32 Å². The van der Waals surface area contributed by atoms with Gasteiger partial charge in [0.1, 0.15) is 0 Å². The van der Waals surface area contributed by atoms with Gasteiger partial charge in [0.25, 0.3) is 0 Å². The maximum Gasteiger partial charge on any atom is 0.339 e. The third-order valence-electron chi connectivity index (χ3n) is 3.06. The van der Waals surface area contributed by atoms with Gasteiger partial charge in [0.05, 0.1) is 10.6 Å². The molecule has 23 heavy (non-hydrogen) atoms. The quantitative estimate of drug-likeness (QED) is 0.667. The number of hydrogen-bond donors (Lipinski definition) is 2. The van der Waals surface area contributed by atoms with Gasteiger partial charge in [0.15, 0.2) is 9.84 Å². The largest absolute Gasteiger partial charge is 0.339 e. The lowest BCUT2D eigenvalue weighted by Crippen LogP contribution is -2.25. The summed E-state index contributed by atoms with van der Waals surface area (Å²) in [7, 11) is -3.23. The molecule has 0 spiro atoms. The Morgan fingerprint density at radius 1 is 1.00 bits per heavy atom. The molecule has 0 atom stereocenters. The van der Waals surface area contributed by atoms with Gasteiger partial charge in [0, 0.05) is 11.9 Å². The second-order valence-corrected chi connectivity index (χ2v) is 6.94. The topological polar surface area (TPSA) is 87.6 Å². The van der Waals surface area contributed by atoms with E-state index in [4.69, 9.17) is 0 Å². The lowest BCUT2D eigenvalue weighted by molar-refractivity contribution is 0.252. The summed E-state index contributed by atoms with van der Waals surface area (Å²) in [5, 5.41) is 6.63. The molecule has 0 aliphatic heterocycles. The summed E-state index contributed by atoms with van der Waals surface area (Å²) in [6.45, 7) is 1.72. The van der Waals surface area contributed by atoms with Crippen molar-refractivity contribution in [1.82, 2.24) is 5.43 Å². The number of rotatable bonds is 4. The lowest BCUT2D eigenvalue weighted by Gasteiger charge is -2.06. The number of nitrogens with zero attached hydrogens (tertiary/aromatic N) is 1. The second-order valence-electron chi connectivity index (χ2n) is 4.93. The van der Waals surface area contributed by atoms with Crippen molar-refractivity contribution >= 4 is 27.3 Å². The van der Waals surface area contributed by atoms with Crippen LogP contribution in [0.25, 0.3) is 0 Å². The Hall–Kier alpha value is -2.67. The van der Waals surface area contributed by atoms with Crippen LogP contribution >= 0.6 is 0 Å². The van der Waals surface area contributed by atoms with Gasteiger partial charge >= 0.3 is 6.03 Å². The van der Waals surface area contributed by atoms with Gasteiger partial charge in [-0.3, -0.25) is 0 Å². The molecule has 0 saturated carbocycles. The zero-order valence-corrected chi connectivity index (χ0v) is 13.6. The van der Waals surface area contributed by atoms with Crippen LogP contribution in [0.3, 0.4) is 0 Å². The molecule has 0 bridgehead atoms. The molecular formula is C16H17N3O3S. The summed E-state index contributed by atoms with van der Waals surface area (Å²) in [4.78, 5) is 12.0. The number of para-hydroxylation sites is 1. The first-order chi connectivity index (χ1) is 10.9. The highest BCUT2D eigenvalue weighted by Crippen LogP contribution is 2.11. The van der Waals surface area contributed by atoms with E-state index in [1.165, 1.54) is 12.1 Å². The highest BCUT2D eigenvalue weighted by Gasteiger charge is 2.07. The van der Waals surface area contributed by atoms with Crippen LogP contribution in [0.1, 0.15) is 12.5 Å². The molecule has 6 nitrogen and oxygen atoms in total. The Bertz CT molecular complexity index is 813. The van der Waals surface area contributed by atoms with Gasteiger partial charge in [-0.15, -0.1) is 0 Å². The molecule has 2 N–H and O–H groups in total. The van der Waals surface area contributed by atoms with E-state index in [9.17, 15) is 13.2 Å². The second kappa shape index (κ2) is 7.06. The molecule has 2 aromatic rings. The van der Waals surface area contributed by atoms with Crippen molar-refractivity contribution in [1.29, 1.82) is 0 Å². The molecule has 0 aliphatic carbocycles. The highest BCUT2D eigenvalue weighted by atomic mass is 32.2. The van der Waals surface area contributed by atoms with Gasteiger partial charge in [-0.2, -0.15) is 5.10 Å². The highest BCUT2D eigenvalue weighted by molar-refractivity contribution is 7.90. The number of hydrazone groups is 1. The van der Waals surface area contributed by atoms with Gasteiger partial charge in [-0.05, 0) is 36.8 Å². The lowest BCUT2D eigenvalue weighted by atomic mass is 10.1. The summed E-state index contributed by atoms with van der Waals surface area (Å²) in [6, 6.07) is 14.9. The van der Waals surface area contributed by atoms with E-state index < -0.39 is 15.9 Å². The van der Waals surface area contributed by atoms with Crippen molar-refractivity contribution in [3.05, 3.63) is 60.2 Å². The number of benzene rings is 2. The minimum absolute atomic E-state index is 0.240. The van der Waals surface area contributed by atoms with Crippen LogP contribution in [0.2, 0.25) is 0 Å². The van der Waals surface area contributed by atoms with Crippen LogP contribution < -0.4 is 10.7 Å². The van der Waals surface area contributed by atoms with Crippen LogP contribution in [0.4, 0.5) is 10.5 Å². The molecule has 0 radical (unpaired) electrons. The van der Waals surface area contributed by atoms with Crippen molar-refractivity contribution in [2.45, 2.75) is 11.8 Å². The molecule has 120 valence electrons. The monoisotopic (exact) mass is 331 g/mol. The molecule has 0 aliphatic rings. The first-order valence-corrected chi connectivity index (χ1v) is 8.72.